The minimum Gasteiger partial charge on any atom is -0.273 e. The van der Waals surface area contributed by atoms with Crippen molar-refractivity contribution < 1.29 is 0 Å². The predicted octanol–water partition coefficient (Wildman–Crippen LogP) is 8.00. The maximum atomic E-state index is 5.22. The third kappa shape index (κ3) is 6.77. The van der Waals surface area contributed by atoms with E-state index >= 15 is 0 Å². The maximum Gasteiger partial charge on any atom is 0.0981 e. The van der Waals surface area contributed by atoms with Gasteiger partial charge in [0.1, 0.15) is 0 Å². The summed E-state index contributed by atoms with van der Waals surface area (Å²) in [5, 5.41) is 3.44. The number of nitrogens with zero attached hydrogens (tertiary/aromatic N) is 3. The van der Waals surface area contributed by atoms with Gasteiger partial charge in [0.2, 0.25) is 0 Å². The molecule has 42 heavy (non-hydrogen) atoms. The standard InChI is InChI=1S/C36H33N3S3/c1-4-10-25(11-5-1)16-31-22-40-34(37-31)28-19-29(35-38-32(23-41-35)17-26-12-6-2-7-13-26)21-30(20-28)36-39-33(24-42-36)18-27-14-8-3-9-15-27/h1-15,19-21,31-33H,16-18,22-24H2/t31-,32-,33-/m0/s1. The molecule has 0 fully saturated rings. The van der Waals surface area contributed by atoms with Crippen LogP contribution in [0.15, 0.2) is 124 Å². The van der Waals surface area contributed by atoms with E-state index in [0.29, 0.717) is 18.1 Å². The molecule has 3 aliphatic rings. The molecule has 4 aromatic carbocycles. The van der Waals surface area contributed by atoms with E-state index in [1.807, 2.05) is 35.3 Å². The summed E-state index contributed by atoms with van der Waals surface area (Å²) in [6, 6.07) is 40.1. The van der Waals surface area contributed by atoms with Gasteiger partial charge in [-0.05, 0) is 54.2 Å². The molecular formula is C36H33N3S3. The summed E-state index contributed by atoms with van der Waals surface area (Å²) in [4.78, 5) is 15.7. The molecule has 0 aromatic heterocycles. The van der Waals surface area contributed by atoms with E-state index in [2.05, 4.69) is 109 Å². The van der Waals surface area contributed by atoms with Crippen molar-refractivity contribution in [2.75, 3.05) is 17.3 Å². The van der Waals surface area contributed by atoms with Crippen LogP contribution in [0.3, 0.4) is 0 Å². The van der Waals surface area contributed by atoms with Crippen LogP contribution in [0, 0.1) is 0 Å². The Hall–Kier alpha value is -3.06. The normalized spacial score (nSPS) is 21.7. The molecule has 0 unspecified atom stereocenters. The highest BCUT2D eigenvalue weighted by Crippen LogP contribution is 2.33. The number of benzene rings is 4. The van der Waals surface area contributed by atoms with Crippen LogP contribution in [0.5, 0.6) is 0 Å². The Kier molecular flexibility index (Phi) is 8.64. The van der Waals surface area contributed by atoms with Gasteiger partial charge in [0.25, 0.3) is 0 Å². The summed E-state index contributed by atoms with van der Waals surface area (Å²) in [6.45, 7) is 0. The second-order valence-corrected chi connectivity index (χ2v) is 14.1. The lowest BCUT2D eigenvalue weighted by molar-refractivity contribution is 0.762. The predicted molar refractivity (Wildman–Crippen MR) is 185 cm³/mol. The first kappa shape index (κ1) is 27.8. The molecule has 0 saturated carbocycles. The lowest BCUT2D eigenvalue weighted by atomic mass is 10.1. The SMILES string of the molecule is c1ccc(C[C@H]2CSC(c3cc(C4=N[C@@H](Cc5ccccc5)CS4)cc(C4=N[C@@H](Cc5ccccc5)CS4)c3)=N2)cc1. The highest BCUT2D eigenvalue weighted by atomic mass is 32.2. The van der Waals surface area contributed by atoms with Crippen molar-refractivity contribution in [3.8, 4) is 0 Å². The van der Waals surface area contributed by atoms with Crippen LogP contribution in [0.1, 0.15) is 33.4 Å². The van der Waals surface area contributed by atoms with E-state index < -0.39 is 0 Å². The van der Waals surface area contributed by atoms with E-state index in [4.69, 9.17) is 15.0 Å². The molecule has 4 aromatic rings. The second kappa shape index (κ2) is 13.1. The smallest absolute Gasteiger partial charge is 0.0981 e. The first-order chi connectivity index (χ1) is 20.7. The first-order valence-electron chi connectivity index (χ1n) is 14.6. The second-order valence-electron chi connectivity index (χ2n) is 11.1. The van der Waals surface area contributed by atoms with Gasteiger partial charge in [0.15, 0.2) is 0 Å². The molecule has 3 atom stereocenters. The molecule has 3 nitrogen and oxygen atoms in total. The molecule has 0 radical (unpaired) electrons. The average Bonchev–Trinajstić information content (AvgIpc) is 3.81. The first-order valence-corrected chi connectivity index (χ1v) is 17.6. The van der Waals surface area contributed by atoms with E-state index in [1.54, 1.807) is 0 Å². The van der Waals surface area contributed by atoms with Gasteiger partial charge in [-0.2, -0.15) is 0 Å². The summed E-state index contributed by atoms with van der Waals surface area (Å²) < 4.78 is 0. The molecule has 7 rings (SSSR count). The van der Waals surface area contributed by atoms with E-state index in [9.17, 15) is 0 Å². The monoisotopic (exact) mass is 603 g/mol. The van der Waals surface area contributed by atoms with Crippen molar-refractivity contribution in [3.63, 3.8) is 0 Å². The van der Waals surface area contributed by atoms with Crippen LogP contribution in [-0.2, 0) is 19.3 Å². The molecule has 0 amide bonds. The van der Waals surface area contributed by atoms with E-state index in [-0.39, 0.29) is 0 Å². The summed E-state index contributed by atoms with van der Waals surface area (Å²) in [7, 11) is 0. The zero-order valence-corrected chi connectivity index (χ0v) is 25.9. The summed E-state index contributed by atoms with van der Waals surface area (Å²) >= 11 is 5.66. The van der Waals surface area contributed by atoms with Gasteiger partial charge in [0.05, 0.1) is 33.3 Å². The van der Waals surface area contributed by atoms with Crippen LogP contribution < -0.4 is 0 Å². The summed E-state index contributed by atoms with van der Waals surface area (Å²) in [5.74, 6) is 3.06. The number of rotatable bonds is 9. The number of thioether (sulfide) groups is 3. The molecule has 210 valence electrons. The topological polar surface area (TPSA) is 37.1 Å². The van der Waals surface area contributed by atoms with Crippen molar-refractivity contribution >= 4 is 50.4 Å². The maximum absolute atomic E-state index is 5.22. The Morgan fingerprint density at radius 3 is 1.00 bits per heavy atom. The number of hydrogen-bond donors (Lipinski definition) is 0. The molecule has 0 aliphatic carbocycles. The molecule has 0 N–H and O–H groups in total. The highest BCUT2D eigenvalue weighted by molar-refractivity contribution is 8.15. The van der Waals surface area contributed by atoms with Crippen molar-refractivity contribution in [1.29, 1.82) is 0 Å². The van der Waals surface area contributed by atoms with Crippen LogP contribution in [0.25, 0.3) is 0 Å². The fraction of sp³-hybridized carbons (Fsp3) is 0.250. The van der Waals surface area contributed by atoms with E-state index in [0.717, 1.165) is 51.7 Å². The van der Waals surface area contributed by atoms with Gasteiger partial charge in [-0.15, -0.1) is 35.3 Å². The Morgan fingerprint density at radius 1 is 0.429 bits per heavy atom. The van der Waals surface area contributed by atoms with Gasteiger partial charge in [-0.1, -0.05) is 91.0 Å². The van der Waals surface area contributed by atoms with Crippen molar-refractivity contribution in [2.45, 2.75) is 37.4 Å². The van der Waals surface area contributed by atoms with Gasteiger partial charge in [0, 0.05) is 33.9 Å². The Bertz CT molecular complexity index is 1410. The molecule has 0 bridgehead atoms. The zero-order valence-electron chi connectivity index (χ0n) is 23.4. The Morgan fingerprint density at radius 2 is 0.714 bits per heavy atom. The van der Waals surface area contributed by atoms with Crippen LogP contribution in [-0.4, -0.2) is 50.5 Å². The van der Waals surface area contributed by atoms with Crippen molar-refractivity contribution in [2.24, 2.45) is 15.0 Å². The van der Waals surface area contributed by atoms with Gasteiger partial charge < -0.3 is 0 Å². The fourth-order valence-corrected chi connectivity index (χ4v) is 8.84. The average molecular weight is 604 g/mol. The fourth-order valence-electron chi connectivity index (χ4n) is 5.69. The van der Waals surface area contributed by atoms with Crippen LogP contribution in [0.4, 0.5) is 0 Å². The Labute approximate surface area is 261 Å². The zero-order chi connectivity index (χ0) is 28.1. The molecular weight excluding hydrogens is 571 g/mol. The van der Waals surface area contributed by atoms with Crippen LogP contribution in [0.2, 0.25) is 0 Å². The molecule has 3 heterocycles. The van der Waals surface area contributed by atoms with Gasteiger partial charge in [-0.25, -0.2) is 0 Å². The molecule has 0 saturated heterocycles. The van der Waals surface area contributed by atoms with Crippen LogP contribution >= 0.6 is 35.3 Å². The molecule has 0 spiro atoms. The lowest BCUT2D eigenvalue weighted by Gasteiger charge is -2.10. The van der Waals surface area contributed by atoms with E-state index in [1.165, 1.54) is 33.4 Å². The highest BCUT2D eigenvalue weighted by Gasteiger charge is 2.26. The quantitative estimate of drug-likeness (QED) is 0.195. The molecule has 6 heteroatoms. The Balaban J connectivity index is 1.18. The molecule has 3 aliphatic heterocycles. The largest absolute Gasteiger partial charge is 0.273 e. The van der Waals surface area contributed by atoms with Crippen molar-refractivity contribution in [1.82, 2.24) is 0 Å². The third-order valence-corrected chi connectivity index (χ3v) is 11.3. The number of hydrogen-bond acceptors (Lipinski definition) is 6. The third-order valence-electron chi connectivity index (χ3n) is 7.75. The van der Waals surface area contributed by atoms with Gasteiger partial charge in [-0.3, -0.25) is 15.0 Å². The van der Waals surface area contributed by atoms with Crippen molar-refractivity contribution in [3.05, 3.63) is 143 Å². The number of aliphatic imine (C=N–C) groups is 3. The summed E-state index contributed by atoms with van der Waals surface area (Å²) in [5.41, 5.74) is 7.66. The van der Waals surface area contributed by atoms with Gasteiger partial charge >= 0.3 is 0 Å². The minimum absolute atomic E-state index is 0.307. The lowest BCUT2D eigenvalue weighted by Crippen LogP contribution is -2.08. The summed E-state index contributed by atoms with van der Waals surface area (Å²) in [6.07, 6.45) is 2.95. The minimum atomic E-state index is 0.307.